The van der Waals surface area contributed by atoms with Crippen molar-refractivity contribution in [2.24, 2.45) is 0 Å². The molecular formula is C9H16BFO3. The second kappa shape index (κ2) is 8.68. The van der Waals surface area contributed by atoms with Gasteiger partial charge in [-0.15, -0.1) is 0 Å². The highest BCUT2D eigenvalue weighted by Crippen LogP contribution is 1.93. The summed E-state index contributed by atoms with van der Waals surface area (Å²) in [5.74, 6) is 0. The Labute approximate surface area is 83.7 Å². The SMILES string of the molecule is CCCOB(F)c1ccccc1.O.O. The van der Waals surface area contributed by atoms with Crippen molar-refractivity contribution in [1.29, 1.82) is 0 Å². The van der Waals surface area contributed by atoms with Crippen molar-refractivity contribution in [3.63, 3.8) is 0 Å². The molecule has 0 saturated heterocycles. The van der Waals surface area contributed by atoms with Crippen LogP contribution < -0.4 is 5.46 Å². The third-order valence-electron chi connectivity index (χ3n) is 1.53. The Kier molecular flexibility index (Phi) is 9.65. The van der Waals surface area contributed by atoms with E-state index in [0.717, 1.165) is 6.42 Å². The molecule has 14 heavy (non-hydrogen) atoms. The van der Waals surface area contributed by atoms with E-state index in [-0.39, 0.29) is 11.0 Å². The van der Waals surface area contributed by atoms with Crippen LogP contribution in [0.2, 0.25) is 0 Å². The summed E-state index contributed by atoms with van der Waals surface area (Å²) in [6.45, 7) is 2.42. The van der Waals surface area contributed by atoms with E-state index in [4.69, 9.17) is 4.65 Å². The summed E-state index contributed by atoms with van der Waals surface area (Å²) in [7, 11) is -1.27. The molecule has 3 nitrogen and oxygen atoms in total. The van der Waals surface area contributed by atoms with Crippen LogP contribution in [-0.2, 0) is 4.65 Å². The molecule has 0 heterocycles. The second-order valence-electron chi connectivity index (χ2n) is 2.60. The lowest BCUT2D eigenvalue weighted by atomic mass is 9.83. The number of halogens is 1. The molecular weight excluding hydrogens is 186 g/mol. The molecule has 0 radical (unpaired) electrons. The standard InChI is InChI=1S/C9H12BFO.2H2O/c1-2-8-12-10(11)9-6-4-3-5-7-9;;/h3-7H,2,8H2,1H3;2*1H2. The van der Waals surface area contributed by atoms with Gasteiger partial charge in [0, 0.05) is 6.61 Å². The van der Waals surface area contributed by atoms with Gasteiger partial charge in [0.1, 0.15) is 0 Å². The maximum absolute atomic E-state index is 13.1. The summed E-state index contributed by atoms with van der Waals surface area (Å²) in [5.41, 5.74) is 0.589. The highest BCUT2D eigenvalue weighted by atomic mass is 19.1. The fraction of sp³-hybridized carbons (Fsp3) is 0.333. The molecule has 0 amide bonds. The van der Waals surface area contributed by atoms with Gasteiger partial charge in [-0.1, -0.05) is 37.3 Å². The number of benzene rings is 1. The quantitative estimate of drug-likeness (QED) is 0.639. The molecule has 0 spiro atoms. The molecule has 1 rings (SSSR count). The molecule has 0 unspecified atom stereocenters. The Morgan fingerprint density at radius 3 is 2.29 bits per heavy atom. The number of hydrogen-bond donors (Lipinski definition) is 0. The first kappa shape index (κ1) is 15.6. The van der Waals surface area contributed by atoms with Crippen molar-refractivity contribution in [1.82, 2.24) is 0 Å². The van der Waals surface area contributed by atoms with Gasteiger partial charge in [0.15, 0.2) is 0 Å². The monoisotopic (exact) mass is 202 g/mol. The molecule has 0 aliphatic heterocycles. The Bertz CT molecular complexity index is 221. The van der Waals surface area contributed by atoms with Crippen LogP contribution in [0.15, 0.2) is 30.3 Å². The molecule has 4 N–H and O–H groups in total. The van der Waals surface area contributed by atoms with Gasteiger partial charge in [0.2, 0.25) is 0 Å². The largest absolute Gasteiger partial charge is 0.534 e. The van der Waals surface area contributed by atoms with Crippen LogP contribution in [0.25, 0.3) is 0 Å². The van der Waals surface area contributed by atoms with E-state index in [9.17, 15) is 4.32 Å². The van der Waals surface area contributed by atoms with E-state index in [0.29, 0.717) is 12.1 Å². The van der Waals surface area contributed by atoms with E-state index in [1.54, 1.807) is 24.3 Å². The first-order valence-electron chi connectivity index (χ1n) is 4.15. The molecule has 0 bridgehead atoms. The molecule has 80 valence electrons. The van der Waals surface area contributed by atoms with Crippen LogP contribution in [0, 0.1) is 0 Å². The molecule has 0 atom stereocenters. The highest BCUT2D eigenvalue weighted by molar-refractivity contribution is 6.60. The lowest BCUT2D eigenvalue weighted by Gasteiger charge is -2.03. The van der Waals surface area contributed by atoms with Gasteiger partial charge in [0.25, 0.3) is 0 Å². The van der Waals surface area contributed by atoms with Crippen LogP contribution in [-0.4, -0.2) is 24.8 Å². The molecule has 0 aliphatic rings. The van der Waals surface area contributed by atoms with Crippen molar-refractivity contribution in [2.75, 3.05) is 6.61 Å². The number of hydrogen-bond acceptors (Lipinski definition) is 1. The summed E-state index contributed by atoms with van der Waals surface area (Å²) in [4.78, 5) is 0. The van der Waals surface area contributed by atoms with Crippen LogP contribution in [0.5, 0.6) is 0 Å². The zero-order valence-electron chi connectivity index (χ0n) is 8.16. The number of rotatable bonds is 4. The molecule has 0 saturated carbocycles. The van der Waals surface area contributed by atoms with E-state index in [1.165, 1.54) is 0 Å². The smallest absolute Gasteiger partial charge is 0.412 e. The van der Waals surface area contributed by atoms with E-state index >= 15 is 0 Å². The Balaban J connectivity index is 0. The third kappa shape index (κ3) is 4.96. The van der Waals surface area contributed by atoms with Gasteiger partial charge in [-0.25, -0.2) is 0 Å². The molecule has 5 heteroatoms. The molecule has 1 aromatic carbocycles. The first-order valence-corrected chi connectivity index (χ1v) is 4.15. The Morgan fingerprint density at radius 2 is 1.79 bits per heavy atom. The average Bonchev–Trinajstić information content (AvgIpc) is 2.15. The van der Waals surface area contributed by atoms with E-state index < -0.39 is 7.19 Å². The minimum absolute atomic E-state index is 0. The summed E-state index contributed by atoms with van der Waals surface area (Å²) in [6, 6.07) is 8.91. The molecule has 1 aromatic rings. The van der Waals surface area contributed by atoms with E-state index in [1.807, 2.05) is 13.0 Å². The minimum atomic E-state index is -1.27. The highest BCUT2D eigenvalue weighted by Gasteiger charge is 2.16. The summed E-state index contributed by atoms with van der Waals surface area (Å²) in [6.07, 6.45) is 0.841. The van der Waals surface area contributed by atoms with Crippen LogP contribution in [0.3, 0.4) is 0 Å². The summed E-state index contributed by atoms with van der Waals surface area (Å²) < 4.78 is 18.0. The molecule has 0 aliphatic carbocycles. The fourth-order valence-corrected chi connectivity index (χ4v) is 0.922. The van der Waals surface area contributed by atoms with Gasteiger partial charge in [-0.3, -0.25) is 4.32 Å². The maximum Gasteiger partial charge on any atom is 0.534 e. The minimum Gasteiger partial charge on any atom is -0.412 e. The van der Waals surface area contributed by atoms with Crippen molar-refractivity contribution >= 4 is 12.7 Å². The zero-order chi connectivity index (χ0) is 8.81. The van der Waals surface area contributed by atoms with E-state index in [2.05, 4.69) is 0 Å². The maximum atomic E-state index is 13.1. The first-order chi connectivity index (χ1) is 5.84. The fourth-order valence-electron chi connectivity index (χ4n) is 0.922. The second-order valence-corrected chi connectivity index (χ2v) is 2.60. The van der Waals surface area contributed by atoms with Crippen LogP contribution in [0.4, 0.5) is 4.32 Å². The van der Waals surface area contributed by atoms with Gasteiger partial charge < -0.3 is 15.6 Å². The van der Waals surface area contributed by atoms with Gasteiger partial charge in [0.05, 0.1) is 0 Å². The van der Waals surface area contributed by atoms with Gasteiger partial charge >= 0.3 is 7.19 Å². The molecule has 0 aromatic heterocycles. The van der Waals surface area contributed by atoms with Gasteiger partial charge in [-0.05, 0) is 11.9 Å². The average molecular weight is 202 g/mol. The van der Waals surface area contributed by atoms with Crippen LogP contribution in [0.1, 0.15) is 13.3 Å². The summed E-state index contributed by atoms with van der Waals surface area (Å²) in [5, 5.41) is 0. The third-order valence-corrected chi connectivity index (χ3v) is 1.53. The lowest BCUT2D eigenvalue weighted by Crippen LogP contribution is -2.28. The van der Waals surface area contributed by atoms with Gasteiger partial charge in [-0.2, -0.15) is 0 Å². The van der Waals surface area contributed by atoms with Crippen molar-refractivity contribution in [3.05, 3.63) is 30.3 Å². The van der Waals surface area contributed by atoms with Crippen molar-refractivity contribution in [2.45, 2.75) is 13.3 Å². The normalized spacial score (nSPS) is 8.43. The predicted molar refractivity (Wildman–Crippen MR) is 56.4 cm³/mol. The Morgan fingerprint density at radius 1 is 1.21 bits per heavy atom. The molecule has 0 fully saturated rings. The lowest BCUT2D eigenvalue weighted by molar-refractivity contribution is 0.299. The predicted octanol–water partition coefficient (Wildman–Crippen LogP) is 0.128. The van der Waals surface area contributed by atoms with Crippen LogP contribution >= 0.6 is 0 Å². The Hall–Kier alpha value is -0.905. The van der Waals surface area contributed by atoms with Crippen molar-refractivity contribution in [3.8, 4) is 0 Å². The topological polar surface area (TPSA) is 72.2 Å². The zero-order valence-corrected chi connectivity index (χ0v) is 8.16. The summed E-state index contributed by atoms with van der Waals surface area (Å²) >= 11 is 0. The van der Waals surface area contributed by atoms with Crippen molar-refractivity contribution < 1.29 is 19.9 Å².